The average molecular weight is 798 g/mol. The number of hydrogen-bond acceptors (Lipinski definition) is 4. The summed E-state index contributed by atoms with van der Waals surface area (Å²) in [7, 11) is 0. The Hall–Kier alpha value is -5.96. The molecule has 0 saturated carbocycles. The molecule has 0 spiro atoms. The Morgan fingerprint density at radius 2 is 0.764 bits per heavy atom. The van der Waals surface area contributed by atoms with Crippen molar-refractivity contribution >= 4 is 92.4 Å². The van der Waals surface area contributed by atoms with Gasteiger partial charge in [0.05, 0.1) is 22.0 Å². The molecule has 0 radical (unpaired) electrons. The SMILES string of the molecule is O=[N+]([O-])C1=Cc2nc1c(-c1ccc(Cl)cc1)c1ccc([nH]1)c(-c1ccc(Cl)cc1)c1nc(c(-c3ccc(Cl)cc3)c3ccc([nH]3)c2-c2ccc(Cl)cc2)C=C1. The number of nitrogens with one attached hydrogen (secondary N) is 2. The smallest absolute Gasteiger partial charge is 0.297 e. The Morgan fingerprint density at radius 1 is 0.436 bits per heavy atom. The first-order chi connectivity index (χ1) is 26.7. The Bertz CT molecular complexity index is 2910. The molecule has 7 nitrogen and oxygen atoms in total. The Balaban J connectivity index is 1.51. The summed E-state index contributed by atoms with van der Waals surface area (Å²) in [5.41, 5.74) is 10.7. The van der Waals surface area contributed by atoms with Crippen LogP contribution in [0.25, 0.3) is 90.5 Å². The zero-order valence-electron chi connectivity index (χ0n) is 28.4. The van der Waals surface area contributed by atoms with Crippen molar-refractivity contribution in [2.45, 2.75) is 0 Å². The Labute approximate surface area is 334 Å². The molecule has 5 heterocycles. The van der Waals surface area contributed by atoms with Crippen molar-refractivity contribution in [3.63, 3.8) is 0 Å². The summed E-state index contributed by atoms with van der Waals surface area (Å²) in [5, 5.41) is 15.3. The molecule has 2 N–H and O–H groups in total. The predicted octanol–water partition coefficient (Wildman–Crippen LogP) is 13.5. The highest BCUT2D eigenvalue weighted by atomic mass is 35.5. The lowest BCUT2D eigenvalue weighted by atomic mass is 10.0. The molecule has 8 bridgehead atoms. The number of benzene rings is 4. The number of H-pyrrole nitrogens is 2. The van der Waals surface area contributed by atoms with Gasteiger partial charge in [-0.1, -0.05) is 94.9 Å². The van der Waals surface area contributed by atoms with Crippen molar-refractivity contribution in [2.75, 3.05) is 0 Å². The lowest BCUT2D eigenvalue weighted by molar-refractivity contribution is -0.374. The predicted molar refractivity (Wildman–Crippen MR) is 227 cm³/mol. The molecule has 2 aliphatic rings. The fourth-order valence-corrected chi connectivity index (χ4v) is 7.59. The summed E-state index contributed by atoms with van der Waals surface area (Å²) in [6.45, 7) is 0. The van der Waals surface area contributed by atoms with Crippen LogP contribution in [0.2, 0.25) is 20.1 Å². The quantitative estimate of drug-likeness (QED) is 0.134. The minimum atomic E-state index is -0.397. The van der Waals surface area contributed by atoms with Crippen LogP contribution in [-0.4, -0.2) is 24.9 Å². The maximum Gasteiger partial charge on any atom is 0.297 e. The molecule has 9 rings (SSSR count). The van der Waals surface area contributed by atoms with Crippen molar-refractivity contribution in [3.05, 3.63) is 174 Å². The van der Waals surface area contributed by atoms with Crippen molar-refractivity contribution in [3.8, 4) is 44.5 Å². The van der Waals surface area contributed by atoms with E-state index >= 15 is 0 Å². The van der Waals surface area contributed by atoms with E-state index in [0.717, 1.165) is 44.5 Å². The molecule has 2 aliphatic heterocycles. The number of aromatic nitrogens is 4. The molecular weight excluding hydrogens is 772 g/mol. The van der Waals surface area contributed by atoms with Crippen molar-refractivity contribution in [2.24, 2.45) is 0 Å². The molecule has 3 aromatic heterocycles. The molecule has 0 atom stereocenters. The van der Waals surface area contributed by atoms with Crippen LogP contribution in [-0.2, 0) is 0 Å². The van der Waals surface area contributed by atoms with Crippen LogP contribution in [0.5, 0.6) is 0 Å². The first-order valence-corrected chi connectivity index (χ1v) is 18.6. The van der Waals surface area contributed by atoms with Crippen LogP contribution in [0.1, 0.15) is 22.8 Å². The molecule has 0 unspecified atom stereocenters. The third-order valence-electron chi connectivity index (χ3n) is 9.57. The van der Waals surface area contributed by atoms with E-state index in [-0.39, 0.29) is 11.4 Å². The standard InChI is InChI=1S/C44H25Cl4N5O2/c45-28-9-1-24(2-10-28)40-32-17-18-33(49-32)41(25-3-11-29(46)12-4-25)35-21-22-37(51-35)43(27-7-15-31(48)16-8-27)44-39(53(54)55)23-38(52-44)42(36-20-19-34(40)50-36)26-5-13-30(47)14-6-26/h1-23,50-51H. The van der Waals surface area contributed by atoms with Crippen LogP contribution in [0, 0.1) is 10.1 Å². The monoisotopic (exact) mass is 795 g/mol. The second-order valence-corrected chi connectivity index (χ2v) is 14.7. The van der Waals surface area contributed by atoms with Crippen molar-refractivity contribution < 1.29 is 4.92 Å². The van der Waals surface area contributed by atoms with Crippen molar-refractivity contribution in [1.29, 1.82) is 0 Å². The lowest BCUT2D eigenvalue weighted by Crippen LogP contribution is -1.98. The summed E-state index contributed by atoms with van der Waals surface area (Å²) in [6.07, 6.45) is 5.51. The van der Waals surface area contributed by atoms with Gasteiger partial charge in [0.1, 0.15) is 0 Å². The number of aromatic amines is 2. The van der Waals surface area contributed by atoms with E-state index in [1.807, 2.05) is 109 Å². The molecular formula is C44H25Cl4N5O2. The molecule has 4 aromatic carbocycles. The summed E-state index contributed by atoms with van der Waals surface area (Å²) in [6, 6.07) is 37.4. The molecule has 7 aromatic rings. The zero-order chi connectivity index (χ0) is 37.8. The molecule has 266 valence electrons. The third kappa shape index (κ3) is 6.51. The molecule has 0 amide bonds. The van der Waals surface area contributed by atoms with E-state index in [0.29, 0.717) is 59.2 Å². The van der Waals surface area contributed by atoms with Crippen LogP contribution in [0.15, 0.2) is 121 Å². The highest BCUT2D eigenvalue weighted by Gasteiger charge is 2.29. The van der Waals surface area contributed by atoms with E-state index in [1.165, 1.54) is 6.08 Å². The number of halogens is 4. The van der Waals surface area contributed by atoms with Crippen LogP contribution >= 0.6 is 46.4 Å². The van der Waals surface area contributed by atoms with Gasteiger partial charge in [0, 0.05) is 70.5 Å². The lowest BCUT2D eigenvalue weighted by Gasteiger charge is -2.07. The third-order valence-corrected chi connectivity index (χ3v) is 10.6. The number of nitro groups is 1. The fraction of sp³-hybridized carbons (Fsp3) is 0. The molecule has 11 heteroatoms. The van der Waals surface area contributed by atoms with Gasteiger partial charge < -0.3 is 9.97 Å². The van der Waals surface area contributed by atoms with E-state index < -0.39 is 4.92 Å². The summed E-state index contributed by atoms with van der Waals surface area (Å²) < 4.78 is 0. The number of nitrogens with zero attached hydrogens (tertiary/aromatic N) is 3. The molecule has 0 aliphatic carbocycles. The van der Waals surface area contributed by atoms with E-state index in [9.17, 15) is 10.1 Å². The maximum atomic E-state index is 13.0. The highest BCUT2D eigenvalue weighted by molar-refractivity contribution is 6.31. The van der Waals surface area contributed by atoms with Gasteiger partial charge in [-0.2, -0.15) is 0 Å². The minimum Gasteiger partial charge on any atom is -0.354 e. The van der Waals surface area contributed by atoms with Crippen LogP contribution in [0.4, 0.5) is 0 Å². The van der Waals surface area contributed by atoms with Gasteiger partial charge in [-0.25, -0.2) is 9.97 Å². The second kappa shape index (κ2) is 14.0. The first kappa shape index (κ1) is 34.8. The summed E-state index contributed by atoms with van der Waals surface area (Å²) in [5.74, 6) is 0. The van der Waals surface area contributed by atoms with E-state index in [4.69, 9.17) is 56.4 Å². The van der Waals surface area contributed by atoms with Gasteiger partial charge in [0.2, 0.25) is 0 Å². The van der Waals surface area contributed by atoms with Crippen LogP contribution in [0.3, 0.4) is 0 Å². The number of fused-ring (bicyclic) bond motifs is 8. The topological polar surface area (TPSA) is 100 Å². The van der Waals surface area contributed by atoms with Gasteiger partial charge in [0.15, 0.2) is 5.69 Å². The van der Waals surface area contributed by atoms with Gasteiger partial charge in [-0.15, -0.1) is 0 Å². The summed E-state index contributed by atoms with van der Waals surface area (Å²) in [4.78, 5) is 30.2. The second-order valence-electron chi connectivity index (χ2n) is 12.9. The highest BCUT2D eigenvalue weighted by Crippen LogP contribution is 2.41. The van der Waals surface area contributed by atoms with Crippen LogP contribution < -0.4 is 0 Å². The van der Waals surface area contributed by atoms with E-state index in [2.05, 4.69) is 9.97 Å². The maximum absolute atomic E-state index is 13.0. The van der Waals surface area contributed by atoms with Gasteiger partial charge in [-0.05, 0) is 107 Å². The minimum absolute atomic E-state index is 0.157. The number of hydrogen-bond donors (Lipinski definition) is 2. The van der Waals surface area contributed by atoms with E-state index in [1.54, 1.807) is 24.3 Å². The average Bonchev–Trinajstić information content (AvgIpc) is 4.01. The molecule has 0 saturated heterocycles. The fourth-order valence-electron chi connectivity index (χ4n) is 7.08. The first-order valence-electron chi connectivity index (χ1n) is 17.1. The largest absolute Gasteiger partial charge is 0.354 e. The normalized spacial score (nSPS) is 12.2. The van der Waals surface area contributed by atoms with Gasteiger partial charge in [0.25, 0.3) is 5.70 Å². The summed E-state index contributed by atoms with van der Waals surface area (Å²) >= 11 is 25.4. The molecule has 0 fully saturated rings. The zero-order valence-corrected chi connectivity index (χ0v) is 31.5. The molecule has 55 heavy (non-hydrogen) atoms. The Morgan fingerprint density at radius 3 is 1.13 bits per heavy atom. The van der Waals surface area contributed by atoms with Crippen molar-refractivity contribution in [1.82, 2.24) is 19.9 Å². The Kier molecular flexibility index (Phi) is 8.87. The number of rotatable bonds is 5. The van der Waals surface area contributed by atoms with Gasteiger partial charge in [-0.3, -0.25) is 10.1 Å². The van der Waals surface area contributed by atoms with Gasteiger partial charge >= 0.3 is 0 Å².